The van der Waals surface area contributed by atoms with Crippen molar-refractivity contribution < 1.29 is 14.3 Å². The number of rotatable bonds is 6. The number of methoxy groups -OCH3 is 1. The highest BCUT2D eigenvalue weighted by Gasteiger charge is 2.28. The molecule has 1 aliphatic heterocycles. The van der Waals surface area contributed by atoms with E-state index in [4.69, 9.17) is 14.6 Å². The van der Waals surface area contributed by atoms with Crippen molar-refractivity contribution in [2.24, 2.45) is 0 Å². The highest BCUT2D eigenvalue weighted by molar-refractivity contribution is 6.00. The SMILES string of the molecule is CC[C@H]1CN(C(=O)c2cn(Cc3ccccc3)nc2-c2cccc(OC)c2)CCO1. The maximum absolute atomic E-state index is 13.5. The van der Waals surface area contributed by atoms with Gasteiger partial charge < -0.3 is 14.4 Å². The number of carbonyl (C=O) groups excluding carboxylic acids is 1. The first kappa shape index (κ1) is 20.2. The molecule has 6 heteroatoms. The van der Waals surface area contributed by atoms with Crippen LogP contribution in [0.1, 0.15) is 29.3 Å². The summed E-state index contributed by atoms with van der Waals surface area (Å²) < 4.78 is 13.0. The second-order valence-corrected chi connectivity index (χ2v) is 7.46. The Morgan fingerprint density at radius 3 is 2.80 bits per heavy atom. The highest BCUT2D eigenvalue weighted by Crippen LogP contribution is 2.27. The molecule has 0 aliphatic carbocycles. The molecule has 4 rings (SSSR count). The minimum atomic E-state index is -0.00567. The fourth-order valence-electron chi connectivity index (χ4n) is 3.73. The Kier molecular flexibility index (Phi) is 6.14. The molecule has 1 amide bonds. The standard InChI is InChI=1S/C24H27N3O3/c1-3-20-16-26(12-13-30-20)24(28)22-17-27(15-18-8-5-4-6-9-18)25-23(22)19-10-7-11-21(14-19)29-2/h4-11,14,17,20H,3,12-13,15-16H2,1-2H3/t20-/m0/s1. The van der Waals surface area contributed by atoms with Crippen molar-refractivity contribution in [3.05, 3.63) is 71.9 Å². The number of carbonyl (C=O) groups is 1. The number of ether oxygens (including phenoxy) is 2. The van der Waals surface area contributed by atoms with Gasteiger partial charge in [-0.1, -0.05) is 49.4 Å². The molecule has 1 atom stereocenters. The molecular formula is C24H27N3O3. The monoisotopic (exact) mass is 405 g/mol. The minimum Gasteiger partial charge on any atom is -0.497 e. The molecule has 0 saturated carbocycles. The van der Waals surface area contributed by atoms with Crippen LogP contribution in [0.3, 0.4) is 0 Å². The number of amides is 1. The van der Waals surface area contributed by atoms with Gasteiger partial charge in [0.1, 0.15) is 11.4 Å². The van der Waals surface area contributed by atoms with E-state index < -0.39 is 0 Å². The van der Waals surface area contributed by atoms with Crippen LogP contribution in [-0.2, 0) is 11.3 Å². The smallest absolute Gasteiger partial charge is 0.257 e. The number of benzene rings is 2. The van der Waals surface area contributed by atoms with Gasteiger partial charge in [0, 0.05) is 24.8 Å². The van der Waals surface area contributed by atoms with Crippen LogP contribution in [0, 0.1) is 0 Å². The zero-order valence-electron chi connectivity index (χ0n) is 17.5. The third kappa shape index (κ3) is 4.39. The van der Waals surface area contributed by atoms with Gasteiger partial charge in [-0.15, -0.1) is 0 Å². The van der Waals surface area contributed by atoms with Crippen molar-refractivity contribution in [3.8, 4) is 17.0 Å². The number of hydrogen-bond donors (Lipinski definition) is 0. The summed E-state index contributed by atoms with van der Waals surface area (Å²) in [6.45, 7) is 4.45. The third-order valence-electron chi connectivity index (χ3n) is 5.40. The molecule has 2 heterocycles. The second kappa shape index (κ2) is 9.13. The number of hydrogen-bond acceptors (Lipinski definition) is 4. The summed E-state index contributed by atoms with van der Waals surface area (Å²) in [5, 5.41) is 4.79. The molecule has 0 unspecified atom stereocenters. The van der Waals surface area contributed by atoms with Crippen molar-refractivity contribution in [1.82, 2.24) is 14.7 Å². The Morgan fingerprint density at radius 1 is 1.20 bits per heavy atom. The molecule has 1 aromatic heterocycles. The van der Waals surface area contributed by atoms with Gasteiger partial charge in [0.15, 0.2) is 0 Å². The number of nitrogens with zero attached hydrogens (tertiary/aromatic N) is 3. The fraction of sp³-hybridized carbons (Fsp3) is 0.333. The Hall–Kier alpha value is -3.12. The first-order valence-corrected chi connectivity index (χ1v) is 10.3. The Bertz CT molecular complexity index is 1000. The molecule has 6 nitrogen and oxygen atoms in total. The average molecular weight is 405 g/mol. The molecule has 0 N–H and O–H groups in total. The molecule has 1 fully saturated rings. The number of morpholine rings is 1. The summed E-state index contributed by atoms with van der Waals surface area (Å²) in [5.41, 5.74) is 3.28. The lowest BCUT2D eigenvalue weighted by Crippen LogP contribution is -2.45. The van der Waals surface area contributed by atoms with Crippen LogP contribution in [0.4, 0.5) is 0 Å². The normalized spacial score (nSPS) is 16.5. The van der Waals surface area contributed by atoms with Crippen LogP contribution in [0.5, 0.6) is 5.75 Å². The van der Waals surface area contributed by atoms with Crippen LogP contribution < -0.4 is 4.74 Å². The van der Waals surface area contributed by atoms with E-state index in [0.29, 0.717) is 37.5 Å². The lowest BCUT2D eigenvalue weighted by Gasteiger charge is -2.32. The van der Waals surface area contributed by atoms with Gasteiger partial charge in [0.25, 0.3) is 5.91 Å². The molecule has 156 valence electrons. The molecule has 2 aromatic carbocycles. The van der Waals surface area contributed by atoms with Gasteiger partial charge in [0.2, 0.25) is 0 Å². The topological polar surface area (TPSA) is 56.6 Å². The summed E-state index contributed by atoms with van der Waals surface area (Å²) in [4.78, 5) is 15.3. The van der Waals surface area contributed by atoms with Crippen molar-refractivity contribution in [3.63, 3.8) is 0 Å². The minimum absolute atomic E-state index is 0.00567. The van der Waals surface area contributed by atoms with Gasteiger partial charge >= 0.3 is 0 Å². The Balaban J connectivity index is 1.70. The van der Waals surface area contributed by atoms with E-state index in [1.54, 1.807) is 7.11 Å². The van der Waals surface area contributed by atoms with E-state index in [1.165, 1.54) is 0 Å². The fourth-order valence-corrected chi connectivity index (χ4v) is 3.73. The van der Waals surface area contributed by atoms with E-state index in [9.17, 15) is 4.79 Å². The van der Waals surface area contributed by atoms with Crippen LogP contribution >= 0.6 is 0 Å². The van der Waals surface area contributed by atoms with Crippen LogP contribution in [-0.4, -0.2) is 53.5 Å². The summed E-state index contributed by atoms with van der Waals surface area (Å²) in [6, 6.07) is 17.8. The van der Waals surface area contributed by atoms with E-state index in [0.717, 1.165) is 23.3 Å². The van der Waals surface area contributed by atoms with Crippen molar-refractivity contribution in [2.75, 3.05) is 26.8 Å². The first-order chi connectivity index (χ1) is 14.7. The van der Waals surface area contributed by atoms with E-state index in [-0.39, 0.29) is 12.0 Å². The molecule has 0 spiro atoms. The van der Waals surface area contributed by atoms with Gasteiger partial charge in [-0.2, -0.15) is 5.10 Å². The van der Waals surface area contributed by atoms with E-state index >= 15 is 0 Å². The summed E-state index contributed by atoms with van der Waals surface area (Å²) >= 11 is 0. The first-order valence-electron chi connectivity index (χ1n) is 10.3. The second-order valence-electron chi connectivity index (χ2n) is 7.46. The van der Waals surface area contributed by atoms with Crippen molar-refractivity contribution in [2.45, 2.75) is 26.0 Å². The maximum Gasteiger partial charge on any atom is 0.257 e. The van der Waals surface area contributed by atoms with Crippen LogP contribution in [0.15, 0.2) is 60.8 Å². The summed E-state index contributed by atoms with van der Waals surface area (Å²) in [6.07, 6.45) is 2.84. The summed E-state index contributed by atoms with van der Waals surface area (Å²) in [7, 11) is 1.64. The van der Waals surface area contributed by atoms with Crippen molar-refractivity contribution >= 4 is 5.91 Å². The van der Waals surface area contributed by atoms with Gasteiger partial charge in [0.05, 0.1) is 31.9 Å². The zero-order chi connectivity index (χ0) is 20.9. The third-order valence-corrected chi connectivity index (χ3v) is 5.40. The lowest BCUT2D eigenvalue weighted by molar-refractivity contribution is -0.0226. The molecule has 0 bridgehead atoms. The molecular weight excluding hydrogens is 378 g/mol. The Labute approximate surface area is 177 Å². The zero-order valence-corrected chi connectivity index (χ0v) is 17.5. The predicted molar refractivity (Wildman–Crippen MR) is 116 cm³/mol. The van der Waals surface area contributed by atoms with Gasteiger partial charge in [-0.25, -0.2) is 0 Å². The lowest BCUT2D eigenvalue weighted by atomic mass is 10.1. The summed E-state index contributed by atoms with van der Waals surface area (Å²) in [5.74, 6) is 0.731. The van der Waals surface area contributed by atoms with Crippen LogP contribution in [0.25, 0.3) is 11.3 Å². The van der Waals surface area contributed by atoms with Gasteiger partial charge in [-0.05, 0) is 24.1 Å². The van der Waals surface area contributed by atoms with E-state index in [2.05, 4.69) is 19.1 Å². The largest absolute Gasteiger partial charge is 0.497 e. The highest BCUT2D eigenvalue weighted by atomic mass is 16.5. The molecule has 3 aromatic rings. The average Bonchev–Trinajstić information content (AvgIpc) is 3.23. The van der Waals surface area contributed by atoms with Crippen LogP contribution in [0.2, 0.25) is 0 Å². The Morgan fingerprint density at radius 2 is 2.03 bits per heavy atom. The maximum atomic E-state index is 13.5. The van der Waals surface area contributed by atoms with E-state index in [1.807, 2.05) is 58.2 Å². The molecule has 1 aliphatic rings. The number of aromatic nitrogens is 2. The molecule has 30 heavy (non-hydrogen) atoms. The van der Waals surface area contributed by atoms with Crippen molar-refractivity contribution in [1.29, 1.82) is 0 Å². The molecule has 1 saturated heterocycles. The van der Waals surface area contributed by atoms with Gasteiger partial charge in [-0.3, -0.25) is 9.48 Å². The quantitative estimate of drug-likeness (QED) is 0.625. The molecule has 0 radical (unpaired) electrons. The predicted octanol–water partition coefficient (Wildman–Crippen LogP) is 3.86.